The number of aromatic nitrogens is 2. The maximum absolute atomic E-state index is 13.1. The van der Waals surface area contributed by atoms with Gasteiger partial charge in [0.25, 0.3) is 5.91 Å². The molecule has 2 heterocycles. The number of carbonyl (C=O) groups excluding carboxylic acids is 1. The lowest BCUT2D eigenvalue weighted by Gasteiger charge is -2.35. The van der Waals surface area contributed by atoms with Crippen LogP contribution < -0.4 is 14.5 Å². The molecule has 0 radical (unpaired) electrons. The number of rotatable bonds is 5. The molecule has 8 heteroatoms. The highest BCUT2D eigenvalue weighted by Crippen LogP contribution is 2.24. The summed E-state index contributed by atoms with van der Waals surface area (Å²) in [4.78, 5) is 19.0. The molecule has 7 nitrogen and oxygen atoms in total. The van der Waals surface area contributed by atoms with Gasteiger partial charge in [0.1, 0.15) is 17.3 Å². The Kier molecular flexibility index (Phi) is 5.97. The Morgan fingerprint density at radius 1 is 1.00 bits per heavy atom. The zero-order valence-electron chi connectivity index (χ0n) is 17.5. The van der Waals surface area contributed by atoms with Crippen molar-refractivity contribution in [1.29, 1.82) is 0 Å². The number of amides is 1. The highest BCUT2D eigenvalue weighted by Gasteiger charge is 2.23. The van der Waals surface area contributed by atoms with Gasteiger partial charge in [-0.1, -0.05) is 6.07 Å². The second-order valence-electron chi connectivity index (χ2n) is 7.53. The highest BCUT2D eigenvalue weighted by atomic mass is 19.1. The van der Waals surface area contributed by atoms with Crippen LogP contribution in [0.3, 0.4) is 0 Å². The van der Waals surface area contributed by atoms with E-state index in [0.717, 1.165) is 11.5 Å². The summed E-state index contributed by atoms with van der Waals surface area (Å²) >= 11 is 0. The predicted octanol–water partition coefficient (Wildman–Crippen LogP) is 3.44. The van der Waals surface area contributed by atoms with Gasteiger partial charge >= 0.3 is 0 Å². The van der Waals surface area contributed by atoms with Crippen LogP contribution in [0, 0.1) is 5.82 Å². The van der Waals surface area contributed by atoms with E-state index in [1.165, 1.54) is 12.1 Å². The lowest BCUT2D eigenvalue weighted by molar-refractivity contribution is 0.0746. The molecule has 160 valence electrons. The van der Waals surface area contributed by atoms with Gasteiger partial charge in [0.05, 0.1) is 11.9 Å². The minimum absolute atomic E-state index is 0.0441. The molecule has 0 unspecified atom stereocenters. The second-order valence-corrected chi connectivity index (χ2v) is 7.53. The summed E-state index contributed by atoms with van der Waals surface area (Å²) in [7, 11) is 3.93. The summed E-state index contributed by atoms with van der Waals surface area (Å²) in [6, 6.07) is 14.8. The van der Waals surface area contributed by atoms with E-state index in [2.05, 4.69) is 15.1 Å². The monoisotopic (exact) mass is 421 g/mol. The smallest absolute Gasteiger partial charge is 0.254 e. The molecule has 1 aliphatic rings. The minimum Gasteiger partial charge on any atom is -0.457 e. The van der Waals surface area contributed by atoms with Gasteiger partial charge in [-0.25, -0.2) is 4.39 Å². The lowest BCUT2D eigenvalue weighted by atomic mass is 10.1. The molecule has 3 aromatic rings. The fourth-order valence-corrected chi connectivity index (χ4v) is 3.40. The average molecular weight is 421 g/mol. The molecule has 0 saturated carbocycles. The predicted molar refractivity (Wildman–Crippen MR) is 117 cm³/mol. The van der Waals surface area contributed by atoms with Crippen molar-refractivity contribution in [3.05, 3.63) is 72.2 Å². The average Bonchev–Trinajstić information content (AvgIpc) is 2.80. The largest absolute Gasteiger partial charge is 0.457 e. The summed E-state index contributed by atoms with van der Waals surface area (Å²) in [6.45, 7) is 2.55. The molecule has 2 aromatic carbocycles. The number of hydrogen-bond acceptors (Lipinski definition) is 6. The molecule has 0 spiro atoms. The minimum atomic E-state index is -0.324. The van der Waals surface area contributed by atoms with Crippen molar-refractivity contribution in [3.63, 3.8) is 0 Å². The summed E-state index contributed by atoms with van der Waals surface area (Å²) < 4.78 is 18.8. The number of halogens is 1. The summed E-state index contributed by atoms with van der Waals surface area (Å²) in [6.07, 6.45) is 1.73. The van der Waals surface area contributed by atoms with Crippen LogP contribution in [0.1, 0.15) is 10.4 Å². The Morgan fingerprint density at radius 2 is 1.74 bits per heavy atom. The third-order valence-electron chi connectivity index (χ3n) is 5.16. The van der Waals surface area contributed by atoms with Gasteiger partial charge in [0.15, 0.2) is 5.82 Å². The van der Waals surface area contributed by atoms with Gasteiger partial charge in [-0.3, -0.25) is 4.79 Å². The van der Waals surface area contributed by atoms with E-state index in [1.807, 2.05) is 30.0 Å². The Hall–Kier alpha value is -3.68. The van der Waals surface area contributed by atoms with E-state index in [-0.39, 0.29) is 11.7 Å². The van der Waals surface area contributed by atoms with Crippen LogP contribution in [0.5, 0.6) is 11.5 Å². The first-order valence-electron chi connectivity index (χ1n) is 10.1. The van der Waals surface area contributed by atoms with Gasteiger partial charge in [-0.15, -0.1) is 5.10 Å². The van der Waals surface area contributed by atoms with Crippen molar-refractivity contribution >= 4 is 17.4 Å². The van der Waals surface area contributed by atoms with Crippen LogP contribution in [-0.4, -0.2) is 61.3 Å². The Labute approximate surface area is 180 Å². The van der Waals surface area contributed by atoms with Gasteiger partial charge in [-0.2, -0.15) is 5.10 Å². The normalized spacial score (nSPS) is 13.8. The van der Waals surface area contributed by atoms with Crippen molar-refractivity contribution in [2.75, 3.05) is 50.1 Å². The molecule has 1 saturated heterocycles. The number of benzene rings is 2. The molecular formula is C23H24FN5O2. The topological polar surface area (TPSA) is 61.8 Å². The van der Waals surface area contributed by atoms with Crippen LogP contribution in [0.25, 0.3) is 0 Å². The van der Waals surface area contributed by atoms with Gasteiger partial charge in [-0.05, 0) is 42.5 Å². The molecule has 1 fully saturated rings. The molecule has 1 amide bonds. The van der Waals surface area contributed by atoms with Crippen molar-refractivity contribution < 1.29 is 13.9 Å². The molecule has 0 aliphatic carbocycles. The SMILES string of the molecule is CN(C)c1cnnc(N2CCN(C(=O)c3cccc(Oc4ccc(F)cc4)c3)CC2)c1. The first kappa shape index (κ1) is 20.6. The van der Waals surface area contributed by atoms with E-state index >= 15 is 0 Å². The number of hydrogen-bond donors (Lipinski definition) is 0. The number of carbonyl (C=O) groups is 1. The van der Waals surface area contributed by atoms with Crippen molar-refractivity contribution in [2.45, 2.75) is 0 Å². The fourth-order valence-electron chi connectivity index (χ4n) is 3.40. The molecule has 0 atom stereocenters. The van der Waals surface area contributed by atoms with Crippen molar-refractivity contribution in [3.8, 4) is 11.5 Å². The Bertz CT molecular complexity index is 1050. The van der Waals surface area contributed by atoms with Gasteiger partial charge in [0.2, 0.25) is 0 Å². The van der Waals surface area contributed by atoms with Gasteiger partial charge in [0, 0.05) is 51.9 Å². The Morgan fingerprint density at radius 3 is 2.45 bits per heavy atom. The van der Waals surface area contributed by atoms with E-state index in [9.17, 15) is 9.18 Å². The van der Waals surface area contributed by atoms with Crippen molar-refractivity contribution in [1.82, 2.24) is 15.1 Å². The van der Waals surface area contributed by atoms with Crippen LogP contribution in [-0.2, 0) is 0 Å². The summed E-state index contributed by atoms with van der Waals surface area (Å²) in [5.74, 6) is 1.49. The molecule has 0 N–H and O–H groups in total. The molecule has 1 aliphatic heterocycles. The first-order valence-corrected chi connectivity index (χ1v) is 10.1. The maximum Gasteiger partial charge on any atom is 0.254 e. The summed E-state index contributed by atoms with van der Waals surface area (Å²) in [5.41, 5.74) is 1.55. The third-order valence-corrected chi connectivity index (χ3v) is 5.16. The van der Waals surface area contributed by atoms with E-state index in [4.69, 9.17) is 4.74 Å². The summed E-state index contributed by atoms with van der Waals surface area (Å²) in [5, 5.41) is 8.32. The van der Waals surface area contributed by atoms with Crippen LogP contribution in [0.2, 0.25) is 0 Å². The number of ether oxygens (including phenoxy) is 1. The lowest BCUT2D eigenvalue weighted by Crippen LogP contribution is -2.49. The van der Waals surface area contributed by atoms with Crippen LogP contribution in [0.15, 0.2) is 60.8 Å². The maximum atomic E-state index is 13.1. The standard InChI is InChI=1S/C23H24FN5O2/c1-27(2)19-15-22(26-25-16-19)28-10-12-29(13-11-28)23(30)17-4-3-5-21(14-17)31-20-8-6-18(24)7-9-20/h3-9,14-16H,10-13H2,1-2H3. The number of anilines is 2. The van der Waals surface area contributed by atoms with E-state index < -0.39 is 0 Å². The molecule has 0 bridgehead atoms. The first-order chi connectivity index (χ1) is 15.0. The van der Waals surface area contributed by atoms with E-state index in [0.29, 0.717) is 43.2 Å². The molecule has 1 aromatic heterocycles. The molecule has 31 heavy (non-hydrogen) atoms. The zero-order valence-corrected chi connectivity index (χ0v) is 17.5. The van der Waals surface area contributed by atoms with Crippen LogP contribution in [0.4, 0.5) is 15.9 Å². The third kappa shape index (κ3) is 4.91. The number of nitrogens with zero attached hydrogens (tertiary/aromatic N) is 5. The fraction of sp³-hybridized carbons (Fsp3) is 0.261. The Balaban J connectivity index is 1.39. The van der Waals surface area contributed by atoms with Crippen molar-refractivity contribution in [2.24, 2.45) is 0 Å². The second kappa shape index (κ2) is 8.99. The quantitative estimate of drug-likeness (QED) is 0.629. The highest BCUT2D eigenvalue weighted by molar-refractivity contribution is 5.94. The van der Waals surface area contributed by atoms with Crippen LogP contribution >= 0.6 is 0 Å². The molecule has 4 rings (SSSR count). The molecular weight excluding hydrogens is 397 g/mol. The van der Waals surface area contributed by atoms with E-state index in [1.54, 1.807) is 42.6 Å². The zero-order chi connectivity index (χ0) is 21.8. The number of piperazine rings is 1. The van der Waals surface area contributed by atoms with Gasteiger partial charge < -0.3 is 19.4 Å².